The summed E-state index contributed by atoms with van der Waals surface area (Å²) in [5.74, 6) is -5.29. The number of carbonyl (C=O) groups excluding carboxylic acids is 3. The van der Waals surface area contributed by atoms with E-state index in [1.807, 2.05) is 7.05 Å². The molecule has 2 aliphatic heterocycles. The second-order valence-corrected chi connectivity index (χ2v) is 10.5. The number of ether oxygens (including phenoxy) is 3. The molecule has 13 heteroatoms. The molecule has 4 aliphatic rings. The molecule has 7 atom stereocenters. The summed E-state index contributed by atoms with van der Waals surface area (Å²) in [5.41, 5.74) is -0.845. The number of benzene rings is 1. The van der Waals surface area contributed by atoms with Crippen molar-refractivity contribution in [2.45, 2.75) is 74.1 Å². The van der Waals surface area contributed by atoms with Crippen LogP contribution in [0.2, 0.25) is 0 Å². The van der Waals surface area contributed by atoms with Crippen molar-refractivity contribution in [2.24, 2.45) is 0 Å². The molecule has 0 radical (unpaired) electrons. The molecule has 39 heavy (non-hydrogen) atoms. The quantitative estimate of drug-likeness (QED) is 0.246. The number of hydrogen-bond acceptors (Lipinski definition) is 12. The van der Waals surface area contributed by atoms with Crippen LogP contribution in [0.15, 0.2) is 24.0 Å². The molecule has 5 rings (SSSR count). The summed E-state index contributed by atoms with van der Waals surface area (Å²) in [4.78, 5) is 49.6. The van der Waals surface area contributed by atoms with Crippen LogP contribution in [0.5, 0.6) is 11.5 Å². The summed E-state index contributed by atoms with van der Waals surface area (Å²) in [6, 6.07) is 3.00. The van der Waals surface area contributed by atoms with Gasteiger partial charge in [0.1, 0.15) is 5.76 Å². The molecule has 1 fully saturated rings. The van der Waals surface area contributed by atoms with Gasteiger partial charge in [-0.15, -0.1) is 0 Å². The van der Waals surface area contributed by atoms with Crippen molar-refractivity contribution in [1.29, 1.82) is 0 Å². The molecule has 2 bridgehead atoms. The Bertz CT molecular complexity index is 1290. The van der Waals surface area contributed by atoms with Gasteiger partial charge in [0.05, 0.1) is 17.4 Å². The van der Waals surface area contributed by atoms with Crippen LogP contribution in [0.4, 0.5) is 0 Å². The summed E-state index contributed by atoms with van der Waals surface area (Å²) in [5, 5.41) is 52.1. The lowest BCUT2D eigenvalue weighted by atomic mass is 9.50. The Morgan fingerprint density at radius 2 is 1.87 bits per heavy atom. The van der Waals surface area contributed by atoms with Gasteiger partial charge in [0, 0.05) is 18.0 Å². The Labute approximate surface area is 222 Å². The van der Waals surface area contributed by atoms with Gasteiger partial charge in [-0.05, 0) is 51.1 Å². The van der Waals surface area contributed by atoms with Crippen molar-refractivity contribution in [1.82, 2.24) is 4.90 Å². The fraction of sp³-hybridized carbons (Fsp3) is 0.538. The topological polar surface area (TPSA) is 200 Å². The number of Topliss-reactive ketones (excluding diaryl/α,β-unsaturated/α-hetero) is 1. The first-order chi connectivity index (χ1) is 18.3. The fourth-order valence-corrected chi connectivity index (χ4v) is 6.51. The van der Waals surface area contributed by atoms with E-state index < -0.39 is 65.5 Å². The number of esters is 2. The Balaban J connectivity index is 1.39. The third-order valence-corrected chi connectivity index (χ3v) is 8.43. The molecule has 1 aromatic carbocycles. The van der Waals surface area contributed by atoms with Crippen molar-refractivity contribution in [3.05, 3.63) is 35.1 Å². The van der Waals surface area contributed by atoms with Crippen molar-refractivity contribution < 1.29 is 58.9 Å². The number of nitrogens with zero attached hydrogens (tertiary/aromatic N) is 1. The van der Waals surface area contributed by atoms with E-state index >= 15 is 0 Å². The molecule has 13 nitrogen and oxygen atoms in total. The minimum atomic E-state index is -2.48. The normalized spacial score (nSPS) is 30.6. The molecule has 0 aromatic heterocycles. The van der Waals surface area contributed by atoms with Crippen molar-refractivity contribution in [3.63, 3.8) is 0 Å². The molecule has 0 saturated carbocycles. The molecule has 1 spiro atoms. The minimum absolute atomic E-state index is 0.0647. The number of aromatic hydroxyl groups is 1. The maximum absolute atomic E-state index is 12.8. The molecule has 2 heterocycles. The SMILES string of the molecule is CC(=O)[C@@H](CC(=O)O)OC(=O)[C@H](O)[C@@H](O)C(=O)OC1=CC[C@@]2(O)[C@H]3Cc4ccc(O)c5c4[C@@]2(CCN3C)[C@H]1O5. The van der Waals surface area contributed by atoms with E-state index in [0.29, 0.717) is 24.9 Å². The number of aliphatic carboxylic acids is 1. The average Bonchev–Trinajstić information content (AvgIpc) is 3.23. The molecule has 0 unspecified atom stereocenters. The molecule has 1 saturated heterocycles. The van der Waals surface area contributed by atoms with E-state index in [9.17, 15) is 39.6 Å². The summed E-state index contributed by atoms with van der Waals surface area (Å²) < 4.78 is 16.2. The van der Waals surface area contributed by atoms with Gasteiger partial charge in [-0.2, -0.15) is 0 Å². The van der Waals surface area contributed by atoms with Crippen LogP contribution in [0.1, 0.15) is 37.3 Å². The van der Waals surface area contributed by atoms with Gasteiger partial charge >= 0.3 is 17.9 Å². The number of likely N-dealkylation sites (N-methyl/N-ethyl adjacent to an activating group) is 1. The maximum Gasteiger partial charge on any atom is 0.343 e. The number of carboxylic acid groups (broad SMARTS) is 1. The Kier molecular flexibility index (Phi) is 6.45. The zero-order valence-corrected chi connectivity index (χ0v) is 21.2. The van der Waals surface area contributed by atoms with Crippen LogP contribution in [0.25, 0.3) is 0 Å². The molecular formula is C26H29NO12. The van der Waals surface area contributed by atoms with E-state index in [0.717, 1.165) is 12.5 Å². The van der Waals surface area contributed by atoms with Crippen LogP contribution in [0, 0.1) is 0 Å². The average molecular weight is 548 g/mol. The first-order valence-corrected chi connectivity index (χ1v) is 12.5. The summed E-state index contributed by atoms with van der Waals surface area (Å²) in [7, 11) is 1.91. The van der Waals surface area contributed by atoms with E-state index in [1.54, 1.807) is 6.07 Å². The second kappa shape index (κ2) is 9.30. The van der Waals surface area contributed by atoms with E-state index in [-0.39, 0.29) is 29.7 Å². The van der Waals surface area contributed by atoms with Gasteiger partial charge in [0.2, 0.25) is 0 Å². The molecule has 210 valence electrons. The zero-order chi connectivity index (χ0) is 28.4. The number of phenolic OH excluding ortho intramolecular Hbond substituents is 1. The Morgan fingerprint density at radius 1 is 1.18 bits per heavy atom. The first kappa shape index (κ1) is 27.1. The summed E-state index contributed by atoms with van der Waals surface area (Å²) in [6.07, 6.45) is -6.11. The van der Waals surface area contributed by atoms with Crippen molar-refractivity contribution in [3.8, 4) is 11.5 Å². The number of likely N-dealkylation sites (tertiary alicyclic amines) is 1. The minimum Gasteiger partial charge on any atom is -0.504 e. The highest BCUT2D eigenvalue weighted by Gasteiger charge is 2.72. The van der Waals surface area contributed by atoms with Crippen molar-refractivity contribution in [2.75, 3.05) is 13.6 Å². The number of carbonyl (C=O) groups is 4. The predicted molar refractivity (Wildman–Crippen MR) is 128 cm³/mol. The fourth-order valence-electron chi connectivity index (χ4n) is 6.51. The van der Waals surface area contributed by atoms with Gasteiger partial charge in [-0.1, -0.05) is 6.07 Å². The highest BCUT2D eigenvalue weighted by Crippen LogP contribution is 2.65. The highest BCUT2D eigenvalue weighted by molar-refractivity contribution is 5.90. The smallest absolute Gasteiger partial charge is 0.343 e. The monoisotopic (exact) mass is 547 g/mol. The number of rotatable bonds is 8. The first-order valence-electron chi connectivity index (χ1n) is 12.5. The van der Waals surface area contributed by atoms with Gasteiger partial charge in [-0.25, -0.2) is 9.59 Å². The van der Waals surface area contributed by atoms with E-state index in [4.69, 9.17) is 14.6 Å². The zero-order valence-electron chi connectivity index (χ0n) is 21.2. The molecule has 5 N–H and O–H groups in total. The van der Waals surface area contributed by atoms with Gasteiger partial charge < -0.3 is 44.6 Å². The standard InChI is InChI=1S/C26H29NO12/c1-11(28)15(10-17(30)31)38-24(35)20(33)19(32)23(34)37-14-5-6-26(36)16-9-12-3-4-13(29)21-18(12)25(26,22(14)39-21)7-8-27(16)2/h3-5,15-16,19-20,22,29,32-33,36H,6-10H2,1-2H3,(H,30,31)/t15-,16-,19-,20-,22+,25+,26-/m1/s1. The van der Waals surface area contributed by atoms with Crippen LogP contribution >= 0.6 is 0 Å². The lowest BCUT2D eigenvalue weighted by Gasteiger charge is -2.61. The highest BCUT2D eigenvalue weighted by atomic mass is 16.6. The Morgan fingerprint density at radius 3 is 2.54 bits per heavy atom. The number of hydrogen-bond donors (Lipinski definition) is 5. The number of piperidine rings is 1. The molecule has 0 amide bonds. The largest absolute Gasteiger partial charge is 0.504 e. The lowest BCUT2D eigenvalue weighted by molar-refractivity contribution is -0.181. The van der Waals surface area contributed by atoms with Crippen molar-refractivity contribution >= 4 is 23.7 Å². The predicted octanol–water partition coefficient (Wildman–Crippen LogP) is -1.09. The van der Waals surface area contributed by atoms with Crippen LogP contribution < -0.4 is 4.74 Å². The molecular weight excluding hydrogens is 518 g/mol. The van der Waals surface area contributed by atoms with Crippen LogP contribution in [-0.2, 0) is 40.5 Å². The van der Waals surface area contributed by atoms with E-state index in [2.05, 4.69) is 9.64 Å². The number of phenols is 1. The maximum atomic E-state index is 12.8. The third kappa shape index (κ3) is 3.91. The van der Waals surface area contributed by atoms with Crippen LogP contribution in [-0.4, -0.2) is 104 Å². The Hall–Kier alpha value is -3.52. The van der Waals surface area contributed by atoms with Crippen LogP contribution in [0.3, 0.4) is 0 Å². The number of ketones is 1. The van der Waals surface area contributed by atoms with Gasteiger partial charge in [-0.3, -0.25) is 9.59 Å². The third-order valence-electron chi connectivity index (χ3n) is 8.43. The number of aliphatic hydroxyl groups is 3. The molecule has 2 aliphatic carbocycles. The second-order valence-electron chi connectivity index (χ2n) is 10.5. The summed E-state index contributed by atoms with van der Waals surface area (Å²) in [6.45, 7) is 1.57. The number of aliphatic hydroxyl groups excluding tert-OH is 2. The molecule has 1 aromatic rings. The summed E-state index contributed by atoms with van der Waals surface area (Å²) >= 11 is 0. The lowest BCUT2D eigenvalue weighted by Crippen LogP contribution is -2.74. The van der Waals surface area contributed by atoms with Gasteiger partial charge in [0.15, 0.2) is 41.7 Å². The van der Waals surface area contributed by atoms with E-state index in [1.165, 1.54) is 12.1 Å². The van der Waals surface area contributed by atoms with Gasteiger partial charge in [0.25, 0.3) is 0 Å². The number of carboxylic acids is 1.